The number of phosphoric ester groups is 1. The quantitative estimate of drug-likeness (QED) is 0.0243. The van der Waals surface area contributed by atoms with Crippen LogP contribution < -0.4 is 5.32 Å². The van der Waals surface area contributed by atoms with E-state index in [2.05, 4.69) is 31.3 Å². The number of nitrogens with one attached hydrogen (secondary N) is 1. The molecule has 64 heavy (non-hydrogen) atoms. The summed E-state index contributed by atoms with van der Waals surface area (Å²) in [7, 11) is 1.57. The molecule has 0 radical (unpaired) electrons. The maximum Gasteiger partial charge on any atom is 0.472 e. The van der Waals surface area contributed by atoms with Gasteiger partial charge in [0, 0.05) is 6.42 Å². The normalized spacial score (nSPS) is 14.2. The molecule has 3 N–H and O–H groups in total. The zero-order chi connectivity index (χ0) is 47.1. The van der Waals surface area contributed by atoms with Crippen molar-refractivity contribution >= 4 is 13.7 Å². The van der Waals surface area contributed by atoms with Gasteiger partial charge in [-0.25, -0.2) is 4.57 Å². The molecule has 1 amide bonds. The highest BCUT2D eigenvalue weighted by atomic mass is 31.2. The van der Waals surface area contributed by atoms with Crippen LogP contribution in [-0.2, 0) is 18.4 Å². The summed E-state index contributed by atoms with van der Waals surface area (Å²) in [5.41, 5.74) is 0. The first-order valence-electron chi connectivity index (χ1n) is 27.7. The van der Waals surface area contributed by atoms with Crippen LogP contribution in [0, 0.1) is 0 Å². The number of likely N-dealkylation sites (N-methyl/N-ethyl adjacent to an activating group) is 1. The molecule has 0 aliphatic rings. The number of hydrogen-bond acceptors (Lipinski definition) is 5. The fourth-order valence-electron chi connectivity index (χ4n) is 8.26. The van der Waals surface area contributed by atoms with Crippen LogP contribution in [0.4, 0.5) is 0 Å². The largest absolute Gasteiger partial charge is 0.472 e. The second-order valence-electron chi connectivity index (χ2n) is 20.3. The Hall–Kier alpha value is -1.02. The first kappa shape index (κ1) is 63.0. The minimum atomic E-state index is -4.34. The van der Waals surface area contributed by atoms with Crippen LogP contribution in [-0.4, -0.2) is 73.4 Å². The highest BCUT2D eigenvalue weighted by Crippen LogP contribution is 2.43. The minimum Gasteiger partial charge on any atom is -0.387 e. The number of unbranched alkanes of at least 4 members (excludes halogenated alkanes) is 36. The van der Waals surface area contributed by atoms with Gasteiger partial charge in [-0.05, 0) is 38.5 Å². The van der Waals surface area contributed by atoms with E-state index in [1.54, 1.807) is 6.08 Å². The van der Waals surface area contributed by atoms with Crippen LogP contribution in [0.25, 0.3) is 0 Å². The van der Waals surface area contributed by atoms with Crippen molar-refractivity contribution in [3.8, 4) is 0 Å². The molecule has 0 heterocycles. The van der Waals surface area contributed by atoms with Crippen LogP contribution in [0.3, 0.4) is 0 Å². The van der Waals surface area contributed by atoms with Gasteiger partial charge in [0.25, 0.3) is 0 Å². The second-order valence-corrected chi connectivity index (χ2v) is 21.8. The smallest absolute Gasteiger partial charge is 0.387 e. The van der Waals surface area contributed by atoms with Gasteiger partial charge in [-0.15, -0.1) is 0 Å². The maximum absolute atomic E-state index is 12.9. The Bertz CT molecular complexity index is 1090. The number of allylic oxidation sites excluding steroid dienone is 3. The molecule has 9 heteroatoms. The molecule has 0 rings (SSSR count). The van der Waals surface area contributed by atoms with Gasteiger partial charge in [0.05, 0.1) is 39.9 Å². The number of hydrogen-bond donors (Lipinski definition) is 3. The molecule has 0 saturated carbocycles. The molecule has 0 aromatic heterocycles. The van der Waals surface area contributed by atoms with Crippen molar-refractivity contribution in [2.24, 2.45) is 0 Å². The summed E-state index contributed by atoms with van der Waals surface area (Å²) in [6.45, 7) is 4.79. The molecule has 0 bridgehead atoms. The number of carbonyl (C=O) groups is 1. The molecule has 0 saturated heterocycles. The molecule has 0 spiro atoms. The van der Waals surface area contributed by atoms with E-state index in [0.29, 0.717) is 17.4 Å². The summed E-state index contributed by atoms with van der Waals surface area (Å²) < 4.78 is 23.6. The maximum atomic E-state index is 12.9. The Kier molecular flexibility index (Phi) is 46.3. The Morgan fingerprint density at radius 1 is 0.516 bits per heavy atom. The minimum absolute atomic E-state index is 0.0611. The number of nitrogens with zero attached hydrogens (tertiary/aromatic N) is 1. The predicted molar refractivity (Wildman–Crippen MR) is 277 cm³/mol. The van der Waals surface area contributed by atoms with Crippen LogP contribution >= 0.6 is 7.82 Å². The molecule has 380 valence electrons. The number of quaternary nitrogens is 1. The third-order valence-corrected chi connectivity index (χ3v) is 13.6. The summed E-state index contributed by atoms with van der Waals surface area (Å²) >= 11 is 0. The average Bonchev–Trinajstić information content (AvgIpc) is 3.25. The summed E-state index contributed by atoms with van der Waals surface area (Å²) in [4.78, 5) is 23.1. The van der Waals surface area contributed by atoms with Gasteiger partial charge in [0.1, 0.15) is 13.2 Å². The first-order valence-corrected chi connectivity index (χ1v) is 29.2. The third kappa shape index (κ3) is 48.9. The predicted octanol–water partition coefficient (Wildman–Crippen LogP) is 16.4. The Balaban J connectivity index is 4.03. The zero-order valence-corrected chi connectivity index (χ0v) is 44.2. The van der Waals surface area contributed by atoms with Gasteiger partial charge in [0.2, 0.25) is 5.91 Å². The SMILES string of the molecule is CCCC/C=C\CCCCCCCC(=O)NC(COP(=O)(O)OCC[N+](C)(C)C)C(O)/C=C/CCCCCCCCCCCCCCCCCCCCCCCCCCCCCCC. The van der Waals surface area contributed by atoms with E-state index >= 15 is 0 Å². The lowest BCUT2D eigenvalue weighted by Crippen LogP contribution is -2.45. The van der Waals surface area contributed by atoms with Crippen LogP contribution in [0.1, 0.15) is 271 Å². The van der Waals surface area contributed by atoms with E-state index in [1.165, 1.54) is 199 Å². The number of aliphatic hydroxyl groups excluding tert-OH is 1. The molecule has 0 aliphatic carbocycles. The standard InChI is InChI=1S/C55H109N2O6P/c1-6-8-10-12-14-16-18-19-20-21-22-23-24-25-26-27-28-29-30-31-32-33-34-35-36-37-39-40-42-44-46-48-54(58)53(52-63-64(60,61)62-51-50-57(3,4)5)56-55(59)49-47-45-43-41-38-17-15-13-11-9-7-2/h13,15,46,48,53-54,58H,6-12,14,16-45,47,49-52H2,1-5H3,(H-,56,59,60,61)/p+1/b15-13-,48-46+. The van der Waals surface area contributed by atoms with Crippen molar-refractivity contribution in [1.82, 2.24) is 5.32 Å². The summed E-state index contributed by atoms with van der Waals surface area (Å²) in [6, 6.07) is -0.848. The number of amides is 1. The van der Waals surface area contributed by atoms with Gasteiger partial charge in [0.15, 0.2) is 0 Å². The topological polar surface area (TPSA) is 105 Å². The molecule has 3 unspecified atom stereocenters. The van der Waals surface area contributed by atoms with E-state index in [1.807, 2.05) is 27.2 Å². The van der Waals surface area contributed by atoms with Crippen molar-refractivity contribution < 1.29 is 32.9 Å². The van der Waals surface area contributed by atoms with Crippen molar-refractivity contribution in [1.29, 1.82) is 0 Å². The first-order chi connectivity index (χ1) is 31.0. The molecule has 0 aliphatic heterocycles. The highest BCUT2D eigenvalue weighted by molar-refractivity contribution is 7.47. The number of carbonyl (C=O) groups excluding carboxylic acids is 1. The lowest BCUT2D eigenvalue weighted by molar-refractivity contribution is -0.870. The highest BCUT2D eigenvalue weighted by Gasteiger charge is 2.27. The Morgan fingerprint density at radius 3 is 1.25 bits per heavy atom. The van der Waals surface area contributed by atoms with Gasteiger partial charge >= 0.3 is 7.82 Å². The monoisotopic (exact) mass is 926 g/mol. The van der Waals surface area contributed by atoms with E-state index < -0.39 is 20.0 Å². The lowest BCUT2D eigenvalue weighted by Gasteiger charge is -2.25. The zero-order valence-electron chi connectivity index (χ0n) is 43.3. The molecule has 3 atom stereocenters. The van der Waals surface area contributed by atoms with Crippen LogP contribution in [0.15, 0.2) is 24.3 Å². The molecule has 0 aromatic rings. The lowest BCUT2D eigenvalue weighted by atomic mass is 10.0. The number of rotatable bonds is 51. The third-order valence-electron chi connectivity index (χ3n) is 12.7. The van der Waals surface area contributed by atoms with E-state index in [9.17, 15) is 19.4 Å². The molecular weight excluding hydrogens is 816 g/mol. The van der Waals surface area contributed by atoms with E-state index in [0.717, 1.165) is 51.4 Å². The van der Waals surface area contributed by atoms with Crippen molar-refractivity contribution in [2.75, 3.05) is 40.9 Å². The van der Waals surface area contributed by atoms with Crippen LogP contribution in [0.5, 0.6) is 0 Å². The van der Waals surface area contributed by atoms with Crippen LogP contribution in [0.2, 0.25) is 0 Å². The average molecular weight is 926 g/mol. The number of phosphoric acid groups is 1. The summed E-state index contributed by atoms with van der Waals surface area (Å²) in [5.74, 6) is -0.186. The van der Waals surface area contributed by atoms with Gasteiger partial charge in [-0.3, -0.25) is 13.8 Å². The van der Waals surface area contributed by atoms with E-state index in [4.69, 9.17) is 9.05 Å². The molecule has 0 aromatic carbocycles. The Labute approximate surface area is 398 Å². The van der Waals surface area contributed by atoms with Crippen molar-refractivity contribution in [3.05, 3.63) is 24.3 Å². The molecule has 0 fully saturated rings. The fourth-order valence-corrected chi connectivity index (χ4v) is 9.00. The van der Waals surface area contributed by atoms with E-state index in [-0.39, 0.29) is 19.1 Å². The van der Waals surface area contributed by atoms with Gasteiger partial charge < -0.3 is 19.8 Å². The Morgan fingerprint density at radius 2 is 0.859 bits per heavy atom. The van der Waals surface area contributed by atoms with Gasteiger partial charge in [-0.1, -0.05) is 250 Å². The second kappa shape index (κ2) is 47.1. The molecular formula is C55H110N2O6P+. The van der Waals surface area contributed by atoms with Gasteiger partial charge in [-0.2, -0.15) is 0 Å². The fraction of sp³-hybridized carbons (Fsp3) is 0.909. The summed E-state index contributed by atoms with van der Waals surface area (Å²) in [5, 5.41) is 13.9. The van der Waals surface area contributed by atoms with Crippen molar-refractivity contribution in [2.45, 2.75) is 283 Å². The summed E-state index contributed by atoms with van der Waals surface area (Å²) in [6.07, 6.45) is 58.7. The number of aliphatic hydroxyl groups is 1. The molecule has 8 nitrogen and oxygen atoms in total. The van der Waals surface area contributed by atoms with Crippen molar-refractivity contribution in [3.63, 3.8) is 0 Å².